The summed E-state index contributed by atoms with van der Waals surface area (Å²) in [6.07, 6.45) is 2.59. The predicted octanol–water partition coefficient (Wildman–Crippen LogP) is 3.85. The third-order valence-corrected chi connectivity index (χ3v) is 7.19. The molecular weight excluding hydrogens is 412 g/mol. The zero-order valence-corrected chi connectivity index (χ0v) is 17.5. The molecule has 0 unspecified atom stereocenters. The Morgan fingerprint density at radius 1 is 1.21 bits per heavy atom. The van der Waals surface area contributed by atoms with Crippen LogP contribution in [0.15, 0.2) is 42.5 Å². The Morgan fingerprint density at radius 2 is 2.03 bits per heavy atom. The monoisotopic (exact) mass is 432 g/mol. The summed E-state index contributed by atoms with van der Waals surface area (Å²) >= 11 is 6.25. The van der Waals surface area contributed by atoms with Gasteiger partial charge in [-0.1, -0.05) is 23.7 Å². The first-order valence-corrected chi connectivity index (χ1v) is 11.3. The standard InChI is InChI=1S/C21H21ClN2O4S/c1-14-9-16(15-5-7-28-13-15)11-17(10-14)23-21(25)19-12-18(3-4-20(19)22)24-6-2-8-29(24,26)27/h3-5,9-12H,2,6-8,13H2,1H3,(H,23,25). The maximum absolute atomic E-state index is 12.9. The van der Waals surface area contributed by atoms with E-state index in [1.807, 2.05) is 31.2 Å². The molecule has 1 saturated heterocycles. The number of hydrogen-bond acceptors (Lipinski definition) is 4. The minimum atomic E-state index is -3.33. The number of rotatable bonds is 4. The fourth-order valence-electron chi connectivity index (χ4n) is 3.60. The average Bonchev–Trinajstić information content (AvgIpc) is 3.31. The molecule has 0 spiro atoms. The molecule has 2 aromatic carbocycles. The fraction of sp³-hybridized carbons (Fsp3) is 0.286. The first-order valence-electron chi connectivity index (χ1n) is 9.34. The van der Waals surface area contributed by atoms with Gasteiger partial charge in [-0.05, 0) is 60.4 Å². The molecule has 152 valence electrons. The number of nitrogens with one attached hydrogen (secondary N) is 1. The highest BCUT2D eigenvalue weighted by Gasteiger charge is 2.29. The van der Waals surface area contributed by atoms with Crippen molar-refractivity contribution in [3.63, 3.8) is 0 Å². The number of hydrogen-bond donors (Lipinski definition) is 1. The Hall–Kier alpha value is -2.35. The van der Waals surface area contributed by atoms with Gasteiger partial charge in [0, 0.05) is 12.2 Å². The number of anilines is 2. The third kappa shape index (κ3) is 4.17. The zero-order valence-electron chi connectivity index (χ0n) is 15.9. The minimum absolute atomic E-state index is 0.114. The van der Waals surface area contributed by atoms with Crippen molar-refractivity contribution in [3.05, 3.63) is 64.2 Å². The lowest BCUT2D eigenvalue weighted by atomic mass is 10.0. The number of carbonyl (C=O) groups is 1. The van der Waals surface area contributed by atoms with Gasteiger partial charge in [0.2, 0.25) is 10.0 Å². The smallest absolute Gasteiger partial charge is 0.257 e. The Balaban J connectivity index is 1.61. The van der Waals surface area contributed by atoms with Crippen LogP contribution >= 0.6 is 11.6 Å². The number of nitrogens with zero attached hydrogens (tertiary/aromatic N) is 1. The first kappa shape index (κ1) is 19.9. The van der Waals surface area contributed by atoms with Crippen LogP contribution in [0.5, 0.6) is 0 Å². The van der Waals surface area contributed by atoms with Crippen LogP contribution in [0.3, 0.4) is 0 Å². The maximum atomic E-state index is 12.9. The highest BCUT2D eigenvalue weighted by atomic mass is 35.5. The van der Waals surface area contributed by atoms with Crippen molar-refractivity contribution in [2.75, 3.05) is 35.1 Å². The first-order chi connectivity index (χ1) is 13.8. The quantitative estimate of drug-likeness (QED) is 0.796. The molecule has 0 radical (unpaired) electrons. The van der Waals surface area contributed by atoms with E-state index in [2.05, 4.69) is 5.32 Å². The molecule has 0 aromatic heterocycles. The van der Waals surface area contributed by atoms with Crippen LogP contribution in [0.4, 0.5) is 11.4 Å². The van der Waals surface area contributed by atoms with Crippen molar-refractivity contribution in [2.45, 2.75) is 13.3 Å². The van der Waals surface area contributed by atoms with Crippen molar-refractivity contribution in [1.29, 1.82) is 0 Å². The van der Waals surface area contributed by atoms with Gasteiger partial charge in [0.05, 0.1) is 35.2 Å². The molecule has 4 rings (SSSR count). The maximum Gasteiger partial charge on any atom is 0.257 e. The summed E-state index contributed by atoms with van der Waals surface area (Å²) < 4.78 is 31.1. The second-order valence-corrected chi connectivity index (χ2v) is 9.61. The molecule has 0 atom stereocenters. The van der Waals surface area contributed by atoms with Gasteiger partial charge < -0.3 is 10.1 Å². The molecule has 1 N–H and O–H groups in total. The predicted molar refractivity (Wildman–Crippen MR) is 115 cm³/mol. The highest BCUT2D eigenvalue weighted by molar-refractivity contribution is 7.93. The van der Waals surface area contributed by atoms with E-state index in [0.29, 0.717) is 37.6 Å². The summed E-state index contributed by atoms with van der Waals surface area (Å²) in [5, 5.41) is 3.15. The van der Waals surface area contributed by atoms with Gasteiger partial charge in [-0.3, -0.25) is 9.10 Å². The SMILES string of the molecule is Cc1cc(NC(=O)c2cc(N3CCCS3(=O)=O)ccc2Cl)cc(C2=CCOC2)c1. The van der Waals surface area contributed by atoms with E-state index in [9.17, 15) is 13.2 Å². The number of amides is 1. The van der Waals surface area contributed by atoms with Crippen molar-refractivity contribution in [1.82, 2.24) is 0 Å². The van der Waals surface area contributed by atoms with E-state index >= 15 is 0 Å². The topological polar surface area (TPSA) is 75.7 Å². The lowest BCUT2D eigenvalue weighted by Crippen LogP contribution is -2.25. The number of halogens is 1. The fourth-order valence-corrected chi connectivity index (χ4v) is 5.36. The normalized spacial score (nSPS) is 18.0. The molecule has 2 aliphatic rings. The largest absolute Gasteiger partial charge is 0.373 e. The van der Waals surface area contributed by atoms with Crippen molar-refractivity contribution in [2.24, 2.45) is 0 Å². The van der Waals surface area contributed by atoms with Gasteiger partial charge in [-0.2, -0.15) is 0 Å². The lowest BCUT2D eigenvalue weighted by Gasteiger charge is -2.18. The van der Waals surface area contributed by atoms with E-state index in [1.165, 1.54) is 10.4 Å². The Bertz CT molecular complexity index is 1110. The van der Waals surface area contributed by atoms with Gasteiger partial charge in [0.15, 0.2) is 0 Å². The minimum Gasteiger partial charge on any atom is -0.373 e. The summed E-state index contributed by atoms with van der Waals surface area (Å²) in [5.74, 6) is -0.273. The van der Waals surface area contributed by atoms with E-state index in [1.54, 1.807) is 12.1 Å². The number of carbonyl (C=O) groups excluding carboxylic acids is 1. The lowest BCUT2D eigenvalue weighted by molar-refractivity contribution is 0.102. The van der Waals surface area contributed by atoms with Crippen LogP contribution in [0.1, 0.15) is 27.9 Å². The summed E-state index contributed by atoms with van der Waals surface area (Å²) in [7, 11) is -3.33. The molecule has 1 fully saturated rings. The summed E-state index contributed by atoms with van der Waals surface area (Å²) in [5.41, 5.74) is 4.43. The van der Waals surface area contributed by atoms with Gasteiger partial charge in [0.25, 0.3) is 5.91 Å². The molecule has 0 aliphatic carbocycles. The summed E-state index contributed by atoms with van der Waals surface area (Å²) in [6.45, 7) is 3.51. The Kier molecular flexibility index (Phi) is 5.38. The van der Waals surface area contributed by atoms with E-state index in [0.717, 1.165) is 16.7 Å². The number of sulfonamides is 1. The van der Waals surface area contributed by atoms with E-state index in [4.69, 9.17) is 16.3 Å². The van der Waals surface area contributed by atoms with Crippen molar-refractivity contribution >= 4 is 44.5 Å². The van der Waals surface area contributed by atoms with Crippen LogP contribution in [-0.2, 0) is 14.8 Å². The number of ether oxygens (including phenoxy) is 1. The molecule has 2 heterocycles. The van der Waals surface area contributed by atoms with Gasteiger partial charge >= 0.3 is 0 Å². The summed E-state index contributed by atoms with van der Waals surface area (Å²) in [6, 6.07) is 10.5. The number of aryl methyl sites for hydroxylation is 1. The molecule has 0 bridgehead atoms. The molecule has 2 aromatic rings. The molecule has 0 saturated carbocycles. The zero-order chi connectivity index (χ0) is 20.6. The van der Waals surface area contributed by atoms with Crippen LogP contribution in [0.2, 0.25) is 5.02 Å². The molecule has 1 amide bonds. The van der Waals surface area contributed by atoms with E-state index < -0.39 is 10.0 Å². The second-order valence-electron chi connectivity index (χ2n) is 7.19. The van der Waals surface area contributed by atoms with Gasteiger partial charge in [-0.15, -0.1) is 0 Å². The van der Waals surface area contributed by atoms with Crippen LogP contribution in [0, 0.1) is 6.92 Å². The average molecular weight is 433 g/mol. The van der Waals surface area contributed by atoms with Crippen LogP contribution in [0.25, 0.3) is 5.57 Å². The Morgan fingerprint density at radius 3 is 2.72 bits per heavy atom. The van der Waals surface area contributed by atoms with Crippen LogP contribution in [-0.4, -0.2) is 39.8 Å². The molecule has 29 heavy (non-hydrogen) atoms. The van der Waals surface area contributed by atoms with Crippen molar-refractivity contribution in [3.8, 4) is 0 Å². The Labute approximate surface area is 175 Å². The molecule has 6 nitrogen and oxygen atoms in total. The number of benzene rings is 2. The summed E-state index contributed by atoms with van der Waals surface area (Å²) in [4.78, 5) is 12.9. The van der Waals surface area contributed by atoms with Gasteiger partial charge in [0.1, 0.15) is 0 Å². The molecular formula is C21H21ClN2O4S. The second kappa shape index (κ2) is 7.82. The van der Waals surface area contributed by atoms with Crippen molar-refractivity contribution < 1.29 is 17.9 Å². The highest BCUT2D eigenvalue weighted by Crippen LogP contribution is 2.29. The third-order valence-electron chi connectivity index (χ3n) is 4.99. The molecule has 8 heteroatoms. The van der Waals surface area contributed by atoms with Gasteiger partial charge in [-0.25, -0.2) is 8.42 Å². The van der Waals surface area contributed by atoms with E-state index in [-0.39, 0.29) is 22.2 Å². The van der Waals surface area contributed by atoms with Crippen LogP contribution < -0.4 is 9.62 Å². The molecule has 2 aliphatic heterocycles.